The summed E-state index contributed by atoms with van der Waals surface area (Å²) >= 11 is 0. The van der Waals surface area contributed by atoms with E-state index >= 15 is 0 Å². The number of rotatable bonds is 7. The number of hydrogen-bond donors (Lipinski definition) is 2. The molecule has 8 nitrogen and oxygen atoms in total. The van der Waals surface area contributed by atoms with Gasteiger partial charge in [-0.2, -0.15) is 5.10 Å². The lowest BCUT2D eigenvalue weighted by atomic mass is 10.0. The summed E-state index contributed by atoms with van der Waals surface area (Å²) in [4.78, 5) is 21.3. The van der Waals surface area contributed by atoms with Gasteiger partial charge in [0.05, 0.1) is 18.8 Å². The lowest BCUT2D eigenvalue weighted by Gasteiger charge is -2.07. The number of hydrogen-bond acceptors (Lipinski definition) is 6. The summed E-state index contributed by atoms with van der Waals surface area (Å²) in [6.07, 6.45) is 4.44. The maximum Gasteiger partial charge on any atom is 0.251 e. The quantitative estimate of drug-likeness (QED) is 0.645. The third-order valence-corrected chi connectivity index (χ3v) is 4.98. The van der Waals surface area contributed by atoms with Gasteiger partial charge in [0, 0.05) is 44.1 Å². The van der Waals surface area contributed by atoms with Gasteiger partial charge in [-0.1, -0.05) is 12.1 Å². The summed E-state index contributed by atoms with van der Waals surface area (Å²) in [6.45, 7) is 3.46. The molecule has 3 heterocycles. The van der Waals surface area contributed by atoms with Crippen molar-refractivity contribution in [2.45, 2.75) is 25.5 Å². The lowest BCUT2D eigenvalue weighted by Crippen LogP contribution is -2.27. The van der Waals surface area contributed by atoms with E-state index in [0.29, 0.717) is 31.2 Å². The van der Waals surface area contributed by atoms with E-state index in [2.05, 4.69) is 20.6 Å². The van der Waals surface area contributed by atoms with E-state index in [0.717, 1.165) is 41.9 Å². The molecule has 0 bridgehead atoms. The fraction of sp³-hybridized carbons (Fsp3) is 0.400. The van der Waals surface area contributed by atoms with Crippen molar-refractivity contribution < 1.29 is 9.53 Å². The van der Waals surface area contributed by atoms with Crippen molar-refractivity contribution >= 4 is 17.1 Å². The molecule has 2 N–H and O–H groups in total. The Balaban J connectivity index is 1.42. The Labute approximate surface area is 163 Å². The molecule has 2 aromatic heterocycles. The van der Waals surface area contributed by atoms with Crippen molar-refractivity contribution in [2.75, 3.05) is 26.7 Å². The van der Waals surface area contributed by atoms with Crippen molar-refractivity contribution in [3.8, 4) is 0 Å². The van der Waals surface area contributed by atoms with E-state index in [1.54, 1.807) is 19.5 Å². The predicted molar refractivity (Wildman–Crippen MR) is 105 cm³/mol. The van der Waals surface area contributed by atoms with Crippen LogP contribution < -0.4 is 10.6 Å². The number of carbonyl (C=O) groups excluding carboxylic acids is 1. The fourth-order valence-electron chi connectivity index (χ4n) is 3.54. The van der Waals surface area contributed by atoms with Crippen LogP contribution in [0.1, 0.15) is 34.0 Å². The summed E-state index contributed by atoms with van der Waals surface area (Å²) in [5.74, 6) is 0.257. The Morgan fingerprint density at radius 2 is 2.11 bits per heavy atom. The third kappa shape index (κ3) is 3.88. The van der Waals surface area contributed by atoms with Gasteiger partial charge in [-0.05, 0) is 30.7 Å². The molecular formula is C20H24N6O2. The summed E-state index contributed by atoms with van der Waals surface area (Å²) in [5, 5.41) is 11.1. The number of nitrogens with zero attached hydrogens (tertiary/aromatic N) is 4. The lowest BCUT2D eigenvalue weighted by molar-refractivity contribution is 0.0952. The molecule has 0 spiro atoms. The zero-order valence-electron chi connectivity index (χ0n) is 15.9. The molecule has 146 valence electrons. The number of amides is 1. The molecule has 0 unspecified atom stereocenters. The Morgan fingerprint density at radius 3 is 2.86 bits per heavy atom. The molecule has 1 fully saturated rings. The molecular weight excluding hydrogens is 356 g/mol. The molecule has 0 saturated carbocycles. The van der Waals surface area contributed by atoms with Crippen LogP contribution in [0.4, 0.5) is 0 Å². The molecule has 8 heteroatoms. The smallest absolute Gasteiger partial charge is 0.251 e. The van der Waals surface area contributed by atoms with Gasteiger partial charge in [0.25, 0.3) is 5.91 Å². The molecule has 4 rings (SSSR count). The fourth-order valence-corrected chi connectivity index (χ4v) is 3.54. The summed E-state index contributed by atoms with van der Waals surface area (Å²) in [6, 6.07) is 7.42. The number of ether oxygens (including phenoxy) is 1. The zero-order valence-corrected chi connectivity index (χ0v) is 15.9. The van der Waals surface area contributed by atoms with E-state index in [4.69, 9.17) is 9.84 Å². The Bertz CT molecular complexity index is 947. The maximum atomic E-state index is 12.4. The van der Waals surface area contributed by atoms with Crippen LogP contribution in [0.25, 0.3) is 11.2 Å². The van der Waals surface area contributed by atoms with Crippen LogP contribution in [0.3, 0.4) is 0 Å². The average Bonchev–Trinajstić information content (AvgIpc) is 3.37. The van der Waals surface area contributed by atoms with Gasteiger partial charge >= 0.3 is 0 Å². The van der Waals surface area contributed by atoms with Crippen molar-refractivity contribution in [3.05, 3.63) is 53.5 Å². The van der Waals surface area contributed by atoms with Crippen LogP contribution in [0, 0.1) is 0 Å². The molecule has 1 aromatic carbocycles. The third-order valence-electron chi connectivity index (χ3n) is 4.98. The van der Waals surface area contributed by atoms with Gasteiger partial charge in [0.2, 0.25) is 0 Å². The van der Waals surface area contributed by atoms with Gasteiger partial charge in [-0.25, -0.2) is 14.6 Å². The molecule has 1 atom stereocenters. The van der Waals surface area contributed by atoms with Gasteiger partial charge in [0.1, 0.15) is 5.52 Å². The molecule has 0 radical (unpaired) electrons. The Morgan fingerprint density at radius 1 is 1.29 bits per heavy atom. The van der Waals surface area contributed by atoms with Gasteiger partial charge in [-0.3, -0.25) is 4.79 Å². The highest BCUT2D eigenvalue weighted by atomic mass is 16.5. The molecule has 1 aliphatic rings. The van der Waals surface area contributed by atoms with Crippen LogP contribution in [0.5, 0.6) is 0 Å². The van der Waals surface area contributed by atoms with Gasteiger partial charge < -0.3 is 15.4 Å². The zero-order chi connectivity index (χ0) is 19.3. The highest BCUT2D eigenvalue weighted by Gasteiger charge is 2.24. The average molecular weight is 380 g/mol. The van der Waals surface area contributed by atoms with Gasteiger partial charge in [-0.15, -0.1) is 0 Å². The van der Waals surface area contributed by atoms with Crippen molar-refractivity contribution in [3.63, 3.8) is 0 Å². The number of methoxy groups -OCH3 is 1. The molecule has 0 aliphatic carbocycles. The predicted octanol–water partition coefficient (Wildman–Crippen LogP) is 1.48. The first-order valence-corrected chi connectivity index (χ1v) is 9.50. The number of aromatic nitrogens is 4. The standard InChI is InChI=1S/C20H24N6O2/c1-28-13-14-2-4-15(5-3-14)20(27)24-10-11-26-19-18(22-8-9-23-19)17(25-26)16-6-7-21-12-16/h2-5,8-9,16,21H,6-7,10-13H2,1H3,(H,24,27)/t16-/m0/s1. The van der Waals surface area contributed by atoms with Crippen molar-refractivity contribution in [1.82, 2.24) is 30.4 Å². The van der Waals surface area contributed by atoms with Gasteiger partial charge in [0.15, 0.2) is 5.65 Å². The monoisotopic (exact) mass is 380 g/mol. The highest BCUT2D eigenvalue weighted by Crippen LogP contribution is 2.26. The van der Waals surface area contributed by atoms with E-state index in [9.17, 15) is 4.79 Å². The minimum Gasteiger partial charge on any atom is -0.380 e. The minimum absolute atomic E-state index is 0.105. The number of carbonyl (C=O) groups is 1. The number of fused-ring (bicyclic) bond motifs is 1. The Hall–Kier alpha value is -2.84. The topological polar surface area (TPSA) is 94.0 Å². The molecule has 3 aromatic rings. The van der Waals surface area contributed by atoms with E-state index < -0.39 is 0 Å². The van der Waals surface area contributed by atoms with E-state index in [-0.39, 0.29) is 5.91 Å². The van der Waals surface area contributed by atoms with Crippen LogP contribution in [0.2, 0.25) is 0 Å². The summed E-state index contributed by atoms with van der Waals surface area (Å²) in [7, 11) is 1.65. The first-order valence-electron chi connectivity index (χ1n) is 9.50. The molecule has 1 aliphatic heterocycles. The Kier molecular flexibility index (Phi) is 5.59. The van der Waals surface area contributed by atoms with Crippen LogP contribution in [-0.2, 0) is 17.9 Å². The number of benzene rings is 1. The van der Waals surface area contributed by atoms with Crippen LogP contribution >= 0.6 is 0 Å². The minimum atomic E-state index is -0.105. The molecule has 1 amide bonds. The second-order valence-corrected chi connectivity index (χ2v) is 6.91. The van der Waals surface area contributed by atoms with E-state index in [1.165, 1.54) is 0 Å². The largest absolute Gasteiger partial charge is 0.380 e. The first kappa shape index (κ1) is 18.5. The second kappa shape index (κ2) is 8.45. The molecule has 1 saturated heterocycles. The SMILES string of the molecule is COCc1ccc(C(=O)NCCn2nc([C@H]3CCNC3)c3nccnc32)cc1. The van der Waals surface area contributed by atoms with Crippen molar-refractivity contribution in [1.29, 1.82) is 0 Å². The first-order chi connectivity index (χ1) is 13.8. The normalized spacial score (nSPS) is 16.5. The van der Waals surface area contributed by atoms with E-state index in [1.807, 2.05) is 28.9 Å². The highest BCUT2D eigenvalue weighted by molar-refractivity contribution is 5.94. The van der Waals surface area contributed by atoms with Crippen molar-refractivity contribution in [2.24, 2.45) is 0 Å². The summed E-state index contributed by atoms with van der Waals surface area (Å²) in [5.41, 5.74) is 4.28. The van der Waals surface area contributed by atoms with Crippen LogP contribution in [0.15, 0.2) is 36.7 Å². The van der Waals surface area contributed by atoms with Crippen LogP contribution in [-0.4, -0.2) is 52.4 Å². The second-order valence-electron chi connectivity index (χ2n) is 6.91. The molecule has 28 heavy (non-hydrogen) atoms. The number of nitrogens with one attached hydrogen (secondary N) is 2. The summed E-state index contributed by atoms with van der Waals surface area (Å²) < 4.78 is 6.94. The maximum absolute atomic E-state index is 12.4.